The maximum Gasteiger partial charge on any atom is 0.303 e. The number of hydrogen-bond acceptors (Lipinski definition) is 17. The Bertz CT molecular complexity index is 1630. The predicted molar refractivity (Wildman–Crippen MR) is 180 cm³/mol. The van der Waals surface area contributed by atoms with Gasteiger partial charge in [-0.15, -0.1) is 0 Å². The molecule has 0 spiro atoms. The fourth-order valence-corrected chi connectivity index (χ4v) is 6.95. The molecule has 0 saturated carbocycles. The van der Waals surface area contributed by atoms with Crippen LogP contribution in [0.1, 0.15) is 50.3 Å². The van der Waals surface area contributed by atoms with Gasteiger partial charge in [0.15, 0.2) is 35.2 Å². The highest BCUT2D eigenvalue weighted by Gasteiger charge is 2.54. The van der Waals surface area contributed by atoms with Crippen molar-refractivity contribution in [2.45, 2.75) is 70.7 Å². The summed E-state index contributed by atoms with van der Waals surface area (Å²) in [6.45, 7) is 3.38. The van der Waals surface area contributed by atoms with Crippen LogP contribution in [0.3, 0.4) is 0 Å². The zero-order chi connectivity index (χ0) is 39.1. The van der Waals surface area contributed by atoms with E-state index in [4.69, 9.17) is 47.4 Å². The van der Waals surface area contributed by atoms with Crippen LogP contribution < -0.4 is 23.7 Å². The fraction of sp³-hybridized carbons (Fsp3) is 0.556. The molecule has 1 fully saturated rings. The fourth-order valence-electron chi connectivity index (χ4n) is 6.95. The van der Waals surface area contributed by atoms with Crippen molar-refractivity contribution in [2.75, 3.05) is 48.3 Å². The lowest BCUT2D eigenvalue weighted by Gasteiger charge is -2.44. The highest BCUT2D eigenvalue weighted by atomic mass is 16.7. The molecule has 2 aromatic carbocycles. The molecule has 0 bridgehead atoms. The van der Waals surface area contributed by atoms with E-state index < -0.39 is 78.9 Å². The second kappa shape index (κ2) is 17.7. The van der Waals surface area contributed by atoms with Crippen molar-refractivity contribution in [3.63, 3.8) is 0 Å². The molecule has 1 aliphatic carbocycles. The molecule has 0 radical (unpaired) electrons. The van der Waals surface area contributed by atoms with Crippen molar-refractivity contribution in [3.05, 3.63) is 34.9 Å². The average molecular weight is 751 g/mol. The van der Waals surface area contributed by atoms with Crippen LogP contribution >= 0.6 is 0 Å². The molecule has 292 valence electrons. The largest absolute Gasteiger partial charge is 0.502 e. The van der Waals surface area contributed by atoms with E-state index in [1.807, 2.05) is 0 Å². The molecule has 1 heterocycles. The third-order valence-corrected chi connectivity index (χ3v) is 9.06. The van der Waals surface area contributed by atoms with Gasteiger partial charge in [-0.2, -0.15) is 0 Å². The molecule has 0 aromatic heterocycles. The van der Waals surface area contributed by atoms with Gasteiger partial charge in [-0.1, -0.05) is 0 Å². The van der Waals surface area contributed by atoms with Crippen molar-refractivity contribution in [1.82, 2.24) is 0 Å². The SMILES string of the molecule is COc1cc2c(c(OC)c1O)[C@@H](c1cc(OC)c(O[C@@H]3O[C@H](COC(C)=O)[C@@H](OC(C)=O)[C@H](OC(C)=O)[C@H]3OC(C)=O)c(OC)c1)[C@H](CO)[C@@H](CO)C2. The smallest absolute Gasteiger partial charge is 0.303 e. The molecule has 53 heavy (non-hydrogen) atoms. The lowest BCUT2D eigenvalue weighted by atomic mass is 9.66. The summed E-state index contributed by atoms with van der Waals surface area (Å²) in [5, 5.41) is 32.2. The Balaban J connectivity index is 1.89. The minimum atomic E-state index is -1.60. The van der Waals surface area contributed by atoms with Gasteiger partial charge in [-0.25, -0.2) is 0 Å². The Morgan fingerprint density at radius 1 is 0.717 bits per heavy atom. The quantitative estimate of drug-likeness (QED) is 0.185. The van der Waals surface area contributed by atoms with Crippen LogP contribution in [0.5, 0.6) is 34.5 Å². The third kappa shape index (κ3) is 8.80. The summed E-state index contributed by atoms with van der Waals surface area (Å²) >= 11 is 0. The standard InChI is InChI=1S/C36H46O17/c1-16(39)48-15-27-32(49-17(2)40)34(50-18(3)41)35(51-19(4)42)36(52-27)53-31-25(45-6)11-21(12-26(31)46-7)28-23(14-38)22(13-37)9-20-10-24(44-5)30(43)33(47-8)29(20)28/h10-12,22-23,27-28,32,34-38,43H,9,13-15H2,1-8H3/t22-,23-,27-,28+,32-,34+,35-,36+/m1/s1. The number of ether oxygens (including phenoxy) is 10. The van der Waals surface area contributed by atoms with Crippen molar-refractivity contribution in [3.8, 4) is 34.5 Å². The molecule has 4 rings (SSSR count). The number of phenols is 1. The molecule has 0 unspecified atom stereocenters. The van der Waals surface area contributed by atoms with Gasteiger partial charge in [0.05, 0.1) is 28.4 Å². The topological polar surface area (TPSA) is 221 Å². The minimum Gasteiger partial charge on any atom is -0.502 e. The lowest BCUT2D eigenvalue weighted by Crippen LogP contribution is -2.63. The van der Waals surface area contributed by atoms with E-state index in [-0.39, 0.29) is 47.7 Å². The third-order valence-electron chi connectivity index (χ3n) is 9.06. The van der Waals surface area contributed by atoms with E-state index in [1.54, 1.807) is 18.2 Å². The number of methoxy groups -OCH3 is 4. The minimum absolute atomic E-state index is 0.0632. The van der Waals surface area contributed by atoms with Crippen LogP contribution in [0.25, 0.3) is 0 Å². The van der Waals surface area contributed by atoms with E-state index in [0.29, 0.717) is 23.1 Å². The first-order chi connectivity index (χ1) is 25.2. The number of aliphatic hydroxyl groups is 2. The van der Waals surface area contributed by atoms with Gasteiger partial charge in [-0.05, 0) is 47.6 Å². The number of aromatic hydroxyl groups is 1. The van der Waals surface area contributed by atoms with E-state index in [0.717, 1.165) is 27.7 Å². The lowest BCUT2D eigenvalue weighted by molar-refractivity contribution is -0.288. The number of fused-ring (bicyclic) bond motifs is 1. The first kappa shape index (κ1) is 40.8. The molecule has 17 nitrogen and oxygen atoms in total. The zero-order valence-corrected chi connectivity index (χ0v) is 30.7. The molecule has 2 aliphatic rings. The molecular formula is C36H46O17. The molecule has 3 N–H and O–H groups in total. The summed E-state index contributed by atoms with van der Waals surface area (Å²) in [5.41, 5.74) is 1.77. The highest BCUT2D eigenvalue weighted by molar-refractivity contribution is 5.69. The summed E-state index contributed by atoms with van der Waals surface area (Å²) in [7, 11) is 5.50. The predicted octanol–water partition coefficient (Wildman–Crippen LogP) is 1.79. The van der Waals surface area contributed by atoms with E-state index in [1.165, 1.54) is 28.4 Å². The Kier molecular flexibility index (Phi) is 13.6. The number of carbonyl (C=O) groups excluding carboxylic acids is 4. The molecule has 1 saturated heterocycles. The Morgan fingerprint density at radius 3 is 1.77 bits per heavy atom. The number of esters is 4. The second-order valence-corrected chi connectivity index (χ2v) is 12.4. The van der Waals surface area contributed by atoms with Crippen LogP contribution in [-0.2, 0) is 49.3 Å². The number of hydrogen-bond donors (Lipinski definition) is 3. The van der Waals surface area contributed by atoms with Crippen LogP contribution in [0.15, 0.2) is 18.2 Å². The maximum absolute atomic E-state index is 12.4. The van der Waals surface area contributed by atoms with E-state index in [9.17, 15) is 34.5 Å². The van der Waals surface area contributed by atoms with Gasteiger partial charge in [0.1, 0.15) is 12.7 Å². The van der Waals surface area contributed by atoms with Gasteiger partial charge < -0.3 is 62.7 Å². The average Bonchev–Trinajstić information content (AvgIpc) is 3.11. The second-order valence-electron chi connectivity index (χ2n) is 12.4. The normalized spacial score (nSPS) is 24.9. The van der Waals surface area contributed by atoms with Crippen molar-refractivity contribution < 1.29 is 81.9 Å². The van der Waals surface area contributed by atoms with E-state index >= 15 is 0 Å². The number of benzene rings is 2. The highest BCUT2D eigenvalue weighted by Crippen LogP contribution is 2.54. The summed E-state index contributed by atoms with van der Waals surface area (Å²) in [6, 6.07) is 4.86. The number of phenolic OH excluding ortho intramolecular Hbond substituents is 1. The van der Waals surface area contributed by atoms with Crippen LogP contribution in [0.2, 0.25) is 0 Å². The van der Waals surface area contributed by atoms with Crippen LogP contribution in [-0.4, -0.2) is 118 Å². The van der Waals surface area contributed by atoms with Gasteiger partial charge in [0.25, 0.3) is 0 Å². The van der Waals surface area contributed by atoms with Gasteiger partial charge in [0, 0.05) is 52.4 Å². The summed E-state index contributed by atoms with van der Waals surface area (Å²) in [5.74, 6) is -4.71. The molecule has 1 aliphatic heterocycles. The molecule has 0 amide bonds. The van der Waals surface area contributed by atoms with Crippen molar-refractivity contribution in [2.24, 2.45) is 11.8 Å². The maximum atomic E-state index is 12.4. The van der Waals surface area contributed by atoms with E-state index in [2.05, 4.69) is 0 Å². The molecule has 2 aromatic rings. The van der Waals surface area contributed by atoms with Gasteiger partial charge in [-0.3, -0.25) is 19.2 Å². The first-order valence-electron chi connectivity index (χ1n) is 16.6. The summed E-state index contributed by atoms with van der Waals surface area (Å²) in [4.78, 5) is 48.6. The van der Waals surface area contributed by atoms with Crippen LogP contribution in [0, 0.1) is 11.8 Å². The van der Waals surface area contributed by atoms with Gasteiger partial charge in [0.2, 0.25) is 23.9 Å². The molecule has 8 atom stereocenters. The van der Waals surface area contributed by atoms with Crippen molar-refractivity contribution in [1.29, 1.82) is 0 Å². The monoisotopic (exact) mass is 750 g/mol. The number of aliphatic hydroxyl groups excluding tert-OH is 2. The number of carbonyl (C=O) groups is 4. The summed E-state index contributed by atoms with van der Waals surface area (Å²) < 4.78 is 56.7. The first-order valence-corrected chi connectivity index (χ1v) is 16.6. The Labute approximate surface area is 305 Å². The van der Waals surface area contributed by atoms with Crippen molar-refractivity contribution >= 4 is 23.9 Å². The number of rotatable bonds is 14. The Hall–Kier alpha value is -5.00. The van der Waals surface area contributed by atoms with Gasteiger partial charge >= 0.3 is 23.9 Å². The summed E-state index contributed by atoms with van der Waals surface area (Å²) in [6.07, 6.45) is -6.98. The Morgan fingerprint density at radius 2 is 1.28 bits per heavy atom. The molecular weight excluding hydrogens is 704 g/mol. The van der Waals surface area contributed by atoms with Crippen LogP contribution in [0.4, 0.5) is 0 Å². The zero-order valence-electron chi connectivity index (χ0n) is 30.7. The molecule has 17 heteroatoms.